The molecular formula is C12H21NO. The van der Waals surface area contributed by atoms with Crippen LogP contribution in [0.2, 0.25) is 0 Å². The zero-order chi connectivity index (χ0) is 9.97. The van der Waals surface area contributed by atoms with Gasteiger partial charge in [0.1, 0.15) is 0 Å². The molecule has 1 aliphatic carbocycles. The van der Waals surface area contributed by atoms with Crippen LogP contribution in [0.4, 0.5) is 0 Å². The molecule has 2 fully saturated rings. The first kappa shape index (κ1) is 10.0. The first-order valence-electron chi connectivity index (χ1n) is 6.09. The van der Waals surface area contributed by atoms with Crippen LogP contribution in [0.1, 0.15) is 45.4 Å². The van der Waals surface area contributed by atoms with Gasteiger partial charge >= 0.3 is 0 Å². The van der Waals surface area contributed by atoms with Crippen molar-refractivity contribution in [3.8, 4) is 0 Å². The molecule has 0 spiro atoms. The lowest BCUT2D eigenvalue weighted by Crippen LogP contribution is -2.44. The van der Waals surface area contributed by atoms with E-state index in [9.17, 15) is 4.79 Å². The van der Waals surface area contributed by atoms with Crippen LogP contribution in [0.15, 0.2) is 0 Å². The average Bonchev–Trinajstić information content (AvgIpc) is 2.27. The molecule has 1 saturated heterocycles. The van der Waals surface area contributed by atoms with Gasteiger partial charge in [0, 0.05) is 19.5 Å². The molecule has 1 aliphatic heterocycles. The second-order valence-electron chi connectivity index (χ2n) is 4.79. The van der Waals surface area contributed by atoms with Gasteiger partial charge in [-0.25, -0.2) is 0 Å². The molecule has 0 aromatic carbocycles. The van der Waals surface area contributed by atoms with Gasteiger partial charge in [-0.1, -0.05) is 26.2 Å². The summed E-state index contributed by atoms with van der Waals surface area (Å²) >= 11 is 0. The summed E-state index contributed by atoms with van der Waals surface area (Å²) in [5.41, 5.74) is 0. The summed E-state index contributed by atoms with van der Waals surface area (Å²) in [5.74, 6) is 2.12. The molecule has 2 rings (SSSR count). The maximum atomic E-state index is 11.6. The molecule has 2 aliphatic rings. The van der Waals surface area contributed by atoms with E-state index in [4.69, 9.17) is 0 Å². The van der Waals surface area contributed by atoms with Gasteiger partial charge in [-0.05, 0) is 24.7 Å². The minimum atomic E-state index is 0.356. The number of nitrogens with zero attached hydrogens (tertiary/aromatic N) is 1. The van der Waals surface area contributed by atoms with Gasteiger partial charge in [-0.15, -0.1) is 0 Å². The lowest BCUT2D eigenvalue weighted by Gasteiger charge is -2.41. The summed E-state index contributed by atoms with van der Waals surface area (Å²) in [6.45, 7) is 4.04. The predicted octanol–water partition coefficient (Wildman–Crippen LogP) is 2.44. The van der Waals surface area contributed by atoms with Gasteiger partial charge in [-0.3, -0.25) is 4.79 Å². The maximum absolute atomic E-state index is 11.6. The van der Waals surface area contributed by atoms with Crippen molar-refractivity contribution in [2.45, 2.75) is 45.4 Å². The fourth-order valence-electron chi connectivity index (χ4n) is 3.05. The molecule has 2 atom stereocenters. The highest BCUT2D eigenvalue weighted by atomic mass is 16.2. The van der Waals surface area contributed by atoms with Gasteiger partial charge in [0.15, 0.2) is 0 Å². The standard InChI is InChI=1S/C12H21NO/c1-2-12(14)13-8-7-10-5-3-4-6-11(10)9-13/h10-11H,2-9H2,1H3. The molecular weight excluding hydrogens is 174 g/mol. The van der Waals surface area contributed by atoms with E-state index in [-0.39, 0.29) is 0 Å². The highest BCUT2D eigenvalue weighted by molar-refractivity contribution is 5.75. The predicted molar refractivity (Wildman–Crippen MR) is 56.9 cm³/mol. The second-order valence-corrected chi connectivity index (χ2v) is 4.79. The zero-order valence-electron chi connectivity index (χ0n) is 9.17. The Hall–Kier alpha value is -0.530. The Morgan fingerprint density at radius 1 is 1.21 bits per heavy atom. The molecule has 0 radical (unpaired) electrons. The van der Waals surface area contributed by atoms with Crippen molar-refractivity contribution in [2.24, 2.45) is 11.8 Å². The van der Waals surface area contributed by atoms with E-state index in [0.717, 1.165) is 24.9 Å². The molecule has 80 valence electrons. The van der Waals surface area contributed by atoms with Gasteiger partial charge < -0.3 is 4.90 Å². The van der Waals surface area contributed by atoms with Gasteiger partial charge in [0.05, 0.1) is 0 Å². The fourth-order valence-corrected chi connectivity index (χ4v) is 3.05. The quantitative estimate of drug-likeness (QED) is 0.629. The summed E-state index contributed by atoms with van der Waals surface area (Å²) in [6, 6.07) is 0. The Bertz CT molecular complexity index is 214. The van der Waals surface area contributed by atoms with Gasteiger partial charge in [0.25, 0.3) is 0 Å². The Morgan fingerprint density at radius 2 is 1.93 bits per heavy atom. The first-order chi connectivity index (χ1) is 6.81. The molecule has 0 bridgehead atoms. The Morgan fingerprint density at radius 3 is 2.64 bits per heavy atom. The van der Waals surface area contributed by atoms with Crippen LogP contribution in [0.5, 0.6) is 0 Å². The molecule has 0 aromatic heterocycles. The van der Waals surface area contributed by atoms with E-state index in [1.54, 1.807) is 0 Å². The second kappa shape index (κ2) is 4.33. The number of rotatable bonds is 1. The Kier molecular flexibility index (Phi) is 3.09. The highest BCUT2D eigenvalue weighted by Gasteiger charge is 2.32. The first-order valence-corrected chi connectivity index (χ1v) is 6.09. The van der Waals surface area contributed by atoms with E-state index >= 15 is 0 Å². The van der Waals surface area contributed by atoms with E-state index < -0.39 is 0 Å². The summed E-state index contributed by atoms with van der Waals surface area (Å²) in [6.07, 6.45) is 7.52. The number of piperidine rings is 1. The van der Waals surface area contributed by atoms with E-state index in [2.05, 4.69) is 4.90 Å². The smallest absolute Gasteiger partial charge is 0.222 e. The normalized spacial score (nSPS) is 32.5. The molecule has 1 heterocycles. The molecule has 1 saturated carbocycles. The molecule has 0 N–H and O–H groups in total. The van der Waals surface area contributed by atoms with Crippen LogP contribution in [0.3, 0.4) is 0 Å². The largest absolute Gasteiger partial charge is 0.342 e. The Balaban J connectivity index is 1.92. The molecule has 1 amide bonds. The third kappa shape index (κ3) is 1.94. The number of amides is 1. The van der Waals surface area contributed by atoms with Crippen LogP contribution in [0.25, 0.3) is 0 Å². The highest BCUT2D eigenvalue weighted by Crippen LogP contribution is 2.36. The van der Waals surface area contributed by atoms with Crippen LogP contribution in [0, 0.1) is 11.8 Å². The maximum Gasteiger partial charge on any atom is 0.222 e. The monoisotopic (exact) mass is 195 g/mol. The molecule has 2 unspecified atom stereocenters. The molecule has 2 nitrogen and oxygen atoms in total. The van der Waals surface area contributed by atoms with Crippen molar-refractivity contribution in [1.29, 1.82) is 0 Å². The third-order valence-electron chi connectivity index (χ3n) is 3.95. The fraction of sp³-hybridized carbons (Fsp3) is 0.917. The van der Waals surface area contributed by atoms with Crippen molar-refractivity contribution >= 4 is 5.91 Å². The number of carbonyl (C=O) groups excluding carboxylic acids is 1. The van der Waals surface area contributed by atoms with Crippen molar-refractivity contribution in [3.05, 3.63) is 0 Å². The summed E-state index contributed by atoms with van der Waals surface area (Å²) in [4.78, 5) is 13.7. The Labute approximate surface area is 86.7 Å². The topological polar surface area (TPSA) is 20.3 Å². The van der Waals surface area contributed by atoms with E-state index in [1.807, 2.05) is 6.92 Å². The van der Waals surface area contributed by atoms with E-state index in [0.29, 0.717) is 12.3 Å². The van der Waals surface area contributed by atoms with E-state index in [1.165, 1.54) is 32.1 Å². The van der Waals surface area contributed by atoms with Gasteiger partial charge in [0.2, 0.25) is 5.91 Å². The molecule has 0 aromatic rings. The number of carbonyl (C=O) groups is 1. The number of likely N-dealkylation sites (tertiary alicyclic amines) is 1. The molecule has 2 heteroatoms. The number of hydrogen-bond donors (Lipinski definition) is 0. The van der Waals surface area contributed by atoms with Crippen LogP contribution in [-0.2, 0) is 4.79 Å². The third-order valence-corrected chi connectivity index (χ3v) is 3.95. The summed E-state index contributed by atoms with van der Waals surface area (Å²) < 4.78 is 0. The lowest BCUT2D eigenvalue weighted by molar-refractivity contribution is -0.133. The minimum absolute atomic E-state index is 0.356. The van der Waals surface area contributed by atoms with Crippen LogP contribution >= 0.6 is 0 Å². The lowest BCUT2D eigenvalue weighted by atomic mass is 9.75. The summed E-state index contributed by atoms with van der Waals surface area (Å²) in [7, 11) is 0. The van der Waals surface area contributed by atoms with Crippen molar-refractivity contribution < 1.29 is 4.79 Å². The van der Waals surface area contributed by atoms with Crippen LogP contribution in [-0.4, -0.2) is 23.9 Å². The average molecular weight is 195 g/mol. The SMILES string of the molecule is CCC(=O)N1CCC2CCCCC2C1. The van der Waals surface area contributed by atoms with Crippen LogP contribution < -0.4 is 0 Å². The number of fused-ring (bicyclic) bond motifs is 1. The zero-order valence-corrected chi connectivity index (χ0v) is 9.17. The van der Waals surface area contributed by atoms with Crippen molar-refractivity contribution in [2.75, 3.05) is 13.1 Å². The summed E-state index contributed by atoms with van der Waals surface area (Å²) in [5, 5.41) is 0. The molecule has 14 heavy (non-hydrogen) atoms. The minimum Gasteiger partial charge on any atom is -0.342 e. The van der Waals surface area contributed by atoms with Crippen molar-refractivity contribution in [1.82, 2.24) is 4.90 Å². The number of hydrogen-bond acceptors (Lipinski definition) is 1. The van der Waals surface area contributed by atoms with Crippen molar-refractivity contribution in [3.63, 3.8) is 0 Å². The van der Waals surface area contributed by atoms with Gasteiger partial charge in [-0.2, -0.15) is 0 Å².